The van der Waals surface area contributed by atoms with Crippen LogP contribution in [0, 0.1) is 0 Å². The molecule has 0 aliphatic heterocycles. The summed E-state index contributed by atoms with van der Waals surface area (Å²) < 4.78 is 29.8. The number of aliphatic carboxylic acids is 1. The van der Waals surface area contributed by atoms with Crippen LogP contribution in [0.1, 0.15) is 33.6 Å². The van der Waals surface area contributed by atoms with Gasteiger partial charge in [0.1, 0.15) is 0 Å². The van der Waals surface area contributed by atoms with E-state index in [9.17, 15) is 19.2 Å². The molecular formula is C34H61O10Si6Y. The normalized spacial score (nSPS) is 12.0. The Hall–Kier alpha value is -1.03. The maximum atomic E-state index is 12.0. The minimum atomic E-state index is -2.26. The van der Waals surface area contributed by atoms with Gasteiger partial charge in [-0.25, -0.2) is 9.59 Å². The zero-order valence-corrected chi connectivity index (χ0v) is 42.1. The maximum Gasteiger partial charge on any atom is 0.379 e. The van der Waals surface area contributed by atoms with Gasteiger partial charge in [0.2, 0.25) is 0 Å². The van der Waals surface area contributed by atoms with Crippen LogP contribution in [0.4, 0.5) is 0 Å². The second-order valence-electron chi connectivity index (χ2n) is 15.8. The number of Topliss-reactive ketones (excluding diaryl/α,β-unsaturated/α-hetero) is 2. The number of carbonyl (C=O) groups excluding carboxylic acids is 3. The van der Waals surface area contributed by atoms with Gasteiger partial charge in [0.05, 0.1) is 6.61 Å². The Labute approximate surface area is 339 Å². The third kappa shape index (κ3) is 28.1. The number of esters is 1. The molecule has 0 saturated heterocycles. The van der Waals surface area contributed by atoms with Gasteiger partial charge in [-0.15, -0.1) is 0 Å². The molecule has 0 aliphatic rings. The van der Waals surface area contributed by atoms with E-state index in [4.69, 9.17) is 26.3 Å². The van der Waals surface area contributed by atoms with Crippen molar-refractivity contribution in [2.45, 2.75) is 111 Å². The van der Waals surface area contributed by atoms with Crippen molar-refractivity contribution in [3.63, 3.8) is 0 Å². The molecular weight excluding hydrogens is 826 g/mol. The summed E-state index contributed by atoms with van der Waals surface area (Å²) in [7, 11) is -9.40. The third-order valence-corrected chi connectivity index (χ3v) is 22.5. The molecule has 0 fully saturated rings. The number of carboxylic acid groups (broad SMARTS) is 1. The van der Waals surface area contributed by atoms with Crippen molar-refractivity contribution < 1.29 is 78.2 Å². The van der Waals surface area contributed by atoms with Crippen molar-refractivity contribution in [1.29, 1.82) is 0 Å². The molecule has 1 N–H and O–H groups in total. The SMILES string of the molecule is C[Si](C)(C)O[Si](C)(CCCCOC(=O)C(=O)c1ccccc1)O[Si](C)(C)C.C[Si](O[Si](C)(C)C)O[Si](C)(C)C.O=C(O)C(=O)c1ccccc1.[Y]. The molecule has 0 saturated carbocycles. The second-order valence-corrected chi connectivity index (χ2v) is 39.7. The van der Waals surface area contributed by atoms with E-state index in [0.29, 0.717) is 12.0 Å². The fourth-order valence-electron chi connectivity index (χ4n) is 4.50. The molecule has 2 rings (SSSR count). The van der Waals surface area contributed by atoms with Crippen LogP contribution in [0.15, 0.2) is 60.7 Å². The Morgan fingerprint density at radius 2 is 0.961 bits per heavy atom. The summed E-state index contributed by atoms with van der Waals surface area (Å²) in [4.78, 5) is 44.8. The summed E-state index contributed by atoms with van der Waals surface area (Å²) in [6.07, 6.45) is 1.55. The first-order valence-electron chi connectivity index (χ1n) is 16.8. The average Bonchev–Trinajstić information content (AvgIpc) is 2.93. The van der Waals surface area contributed by atoms with Crippen LogP contribution < -0.4 is 0 Å². The number of carbonyl (C=O) groups is 4. The fraction of sp³-hybridized carbons (Fsp3) is 0.529. The number of ether oxygens (including phenoxy) is 1. The summed E-state index contributed by atoms with van der Waals surface area (Å²) in [5.41, 5.74) is 0.564. The van der Waals surface area contributed by atoms with Crippen molar-refractivity contribution in [1.82, 2.24) is 0 Å². The van der Waals surface area contributed by atoms with E-state index < -0.39 is 74.6 Å². The molecule has 2 aromatic carbocycles. The summed E-state index contributed by atoms with van der Waals surface area (Å²) in [6, 6.07) is 17.2. The van der Waals surface area contributed by atoms with E-state index in [1.54, 1.807) is 48.5 Å². The van der Waals surface area contributed by atoms with Gasteiger partial charge in [0.25, 0.3) is 11.6 Å². The minimum absolute atomic E-state index is 0. The van der Waals surface area contributed by atoms with Crippen molar-refractivity contribution in [3.05, 3.63) is 71.8 Å². The van der Waals surface area contributed by atoms with Gasteiger partial charge in [-0.3, -0.25) is 9.59 Å². The van der Waals surface area contributed by atoms with Crippen LogP contribution in [0.3, 0.4) is 0 Å². The second kappa shape index (κ2) is 23.7. The molecule has 0 aliphatic carbocycles. The van der Waals surface area contributed by atoms with Gasteiger partial charge in [0, 0.05) is 43.8 Å². The Kier molecular flexibility index (Phi) is 24.2. The molecule has 0 spiro atoms. The van der Waals surface area contributed by atoms with Crippen molar-refractivity contribution in [2.75, 3.05) is 6.61 Å². The molecule has 17 heteroatoms. The molecule has 0 aromatic heterocycles. The van der Waals surface area contributed by atoms with E-state index in [2.05, 4.69) is 91.7 Å². The summed E-state index contributed by atoms with van der Waals surface area (Å²) in [5, 5.41) is 8.29. The van der Waals surface area contributed by atoms with E-state index in [0.717, 1.165) is 12.5 Å². The van der Waals surface area contributed by atoms with Crippen molar-refractivity contribution in [2.24, 2.45) is 0 Å². The Morgan fingerprint density at radius 3 is 1.29 bits per heavy atom. The average molecular weight is 887 g/mol. The van der Waals surface area contributed by atoms with Gasteiger partial charge in [-0.05, 0) is 111 Å². The molecule has 284 valence electrons. The number of hydrogen-bond donors (Lipinski definition) is 1. The Morgan fingerprint density at radius 1 is 0.588 bits per heavy atom. The van der Waals surface area contributed by atoms with Crippen molar-refractivity contribution in [3.8, 4) is 0 Å². The summed E-state index contributed by atoms with van der Waals surface area (Å²) in [6.45, 7) is 30.8. The van der Waals surface area contributed by atoms with Crippen LogP contribution >= 0.6 is 0 Å². The zero-order valence-electron chi connectivity index (χ0n) is 33.3. The number of benzene rings is 2. The number of ketones is 2. The van der Waals surface area contributed by atoms with E-state index in [-0.39, 0.29) is 44.9 Å². The molecule has 10 nitrogen and oxygen atoms in total. The van der Waals surface area contributed by atoms with Gasteiger partial charge >= 0.3 is 29.8 Å². The molecule has 2 radical (unpaired) electrons. The zero-order chi connectivity index (χ0) is 39.0. The van der Waals surface area contributed by atoms with E-state index in [1.807, 2.05) is 0 Å². The number of hydrogen-bond acceptors (Lipinski definition) is 9. The molecule has 0 heterocycles. The maximum absolute atomic E-state index is 12.0. The van der Waals surface area contributed by atoms with Crippen molar-refractivity contribution >= 4 is 74.6 Å². The standard InChI is InChI=1S/C19H34O5Si3.C8H6O3.C7H21O2Si3.Y/c1-25(2,3)23-27(7,24-26(4,5)6)16-12-11-15-22-19(21)18(20)17-13-9-8-10-14-17;9-7(8(10)11)6-4-2-1-3-5-6;1-10(8-11(2,3)4)9-12(5,6)7;/h8-10,13-14H,11-12,15-16H2,1-7H3;1-5H,(H,10,11);1-7H3;. The number of carboxylic acids is 1. The van der Waals surface area contributed by atoms with Crippen LogP contribution in [0.25, 0.3) is 0 Å². The monoisotopic (exact) mass is 886 g/mol. The largest absolute Gasteiger partial charge is 0.475 e. The first-order chi connectivity index (χ1) is 22.6. The fourth-order valence-corrected chi connectivity index (χ4v) is 24.6. The minimum Gasteiger partial charge on any atom is -0.475 e. The number of unbranched alkanes of at least 4 members (excludes halogenated alkanes) is 1. The molecule has 0 bridgehead atoms. The van der Waals surface area contributed by atoms with E-state index in [1.165, 1.54) is 12.1 Å². The molecule has 0 atom stereocenters. The third-order valence-electron chi connectivity index (χ3n) is 5.65. The topological polar surface area (TPSA) is 135 Å². The summed E-state index contributed by atoms with van der Waals surface area (Å²) in [5.74, 6) is -3.68. The van der Waals surface area contributed by atoms with Gasteiger partial charge in [-0.2, -0.15) is 0 Å². The van der Waals surface area contributed by atoms with Crippen LogP contribution in [0.2, 0.25) is 97.7 Å². The quantitative estimate of drug-likeness (QED) is 0.0541. The summed E-state index contributed by atoms with van der Waals surface area (Å²) >= 11 is 0. The van der Waals surface area contributed by atoms with Crippen LogP contribution in [0.5, 0.6) is 0 Å². The first kappa shape index (κ1) is 52.1. The first-order valence-corrected chi connectivity index (χ1v) is 34.8. The Bertz CT molecular complexity index is 1310. The smallest absolute Gasteiger partial charge is 0.379 e. The predicted octanol–water partition coefficient (Wildman–Crippen LogP) is 8.73. The molecule has 0 unspecified atom stereocenters. The van der Waals surface area contributed by atoms with E-state index >= 15 is 0 Å². The van der Waals surface area contributed by atoms with Crippen LogP contribution in [-0.4, -0.2) is 86.3 Å². The van der Waals surface area contributed by atoms with Gasteiger partial charge in [-0.1, -0.05) is 60.7 Å². The van der Waals surface area contributed by atoms with Gasteiger partial charge < -0.3 is 26.3 Å². The Balaban J connectivity index is 0. The number of rotatable bonds is 17. The molecule has 51 heavy (non-hydrogen) atoms. The van der Waals surface area contributed by atoms with Gasteiger partial charge in [0.15, 0.2) is 33.3 Å². The molecule has 2 aromatic rings. The molecule has 0 amide bonds. The predicted molar refractivity (Wildman–Crippen MR) is 215 cm³/mol. The van der Waals surface area contributed by atoms with Crippen LogP contribution in [-0.2, 0) is 63.5 Å².